The van der Waals surface area contributed by atoms with Crippen LogP contribution in [0, 0.1) is 23.2 Å². The topological polar surface area (TPSA) is 79.2 Å². The van der Waals surface area contributed by atoms with Crippen LogP contribution in [-0.2, 0) is 17.6 Å². The predicted octanol–water partition coefficient (Wildman–Crippen LogP) is 4.97. The van der Waals surface area contributed by atoms with Crippen LogP contribution in [0.25, 0.3) is 0 Å². The van der Waals surface area contributed by atoms with Gasteiger partial charge in [0.1, 0.15) is 0 Å². The molecule has 2 fully saturated rings. The van der Waals surface area contributed by atoms with E-state index in [9.17, 15) is 14.8 Å². The van der Waals surface area contributed by atoms with Gasteiger partial charge in [0, 0.05) is 31.8 Å². The minimum Gasteiger partial charge on any atom is -0.493 e. The standard InChI is InChI=1S/C33H44BF2NO5/c1-32-16-14-26-25-12-10-24(34(39)40)19-22(25)9-11-27(26)31(32)23(20-33(32,35)36)6-5-7-30(38)37(2)17-15-21-8-13-28(41-3)29(18-21)42-4/h8,10,12-13,18-19,23,26-27,31,39-40H,5-7,9,11,14-17,20H2,1-4H3/t23-,26+,27+,31-,32-/m0/s1. The molecule has 2 saturated carbocycles. The van der Waals surface area contributed by atoms with E-state index in [4.69, 9.17) is 9.47 Å². The summed E-state index contributed by atoms with van der Waals surface area (Å²) in [6, 6.07) is 11.4. The third kappa shape index (κ3) is 5.67. The number of amides is 1. The van der Waals surface area contributed by atoms with Gasteiger partial charge >= 0.3 is 7.12 Å². The second kappa shape index (κ2) is 12.2. The van der Waals surface area contributed by atoms with Crippen LogP contribution >= 0.6 is 0 Å². The van der Waals surface area contributed by atoms with Crippen LogP contribution in [0.4, 0.5) is 8.78 Å². The molecule has 9 heteroatoms. The lowest BCUT2D eigenvalue weighted by molar-refractivity contribution is -0.133. The number of benzene rings is 2. The summed E-state index contributed by atoms with van der Waals surface area (Å²) in [6.07, 6.45) is 5.02. The molecule has 1 amide bonds. The SMILES string of the molecule is COc1ccc(CCN(C)C(=O)CCC[C@H]2CC(F)(F)[C@@]3(C)CC[C@@H]4c5ccc(B(O)O)cc5CC[C@H]4[C@H]23)cc1OC. The van der Waals surface area contributed by atoms with Crippen molar-refractivity contribution in [2.24, 2.45) is 23.2 Å². The Morgan fingerprint density at radius 2 is 1.86 bits per heavy atom. The summed E-state index contributed by atoms with van der Waals surface area (Å²) in [7, 11) is 3.49. The van der Waals surface area contributed by atoms with Gasteiger partial charge in [0.05, 0.1) is 14.2 Å². The number of carbonyl (C=O) groups is 1. The fraction of sp³-hybridized carbons (Fsp3) is 0.606. The summed E-state index contributed by atoms with van der Waals surface area (Å²) < 4.78 is 42.0. The van der Waals surface area contributed by atoms with Crippen LogP contribution in [-0.4, -0.2) is 61.7 Å². The number of ether oxygens (including phenoxy) is 2. The van der Waals surface area contributed by atoms with Gasteiger partial charge in [-0.1, -0.05) is 31.2 Å². The van der Waals surface area contributed by atoms with Gasteiger partial charge in [0.2, 0.25) is 5.91 Å². The molecule has 228 valence electrons. The normalized spacial score (nSPS) is 27.4. The van der Waals surface area contributed by atoms with Gasteiger partial charge in [-0.3, -0.25) is 4.79 Å². The molecule has 2 aromatic carbocycles. The molecule has 42 heavy (non-hydrogen) atoms. The number of hydrogen-bond donors (Lipinski definition) is 2. The van der Waals surface area contributed by atoms with E-state index >= 15 is 8.78 Å². The van der Waals surface area contributed by atoms with Crippen molar-refractivity contribution >= 4 is 18.5 Å². The second-order valence-electron chi connectivity index (χ2n) is 12.9. The van der Waals surface area contributed by atoms with Crippen LogP contribution in [0.3, 0.4) is 0 Å². The van der Waals surface area contributed by atoms with E-state index in [-0.39, 0.29) is 36.0 Å². The lowest BCUT2D eigenvalue weighted by Crippen LogP contribution is -2.47. The summed E-state index contributed by atoms with van der Waals surface area (Å²) in [5.41, 5.74) is 2.82. The Labute approximate surface area is 248 Å². The predicted molar refractivity (Wildman–Crippen MR) is 159 cm³/mol. The number of halogens is 2. The van der Waals surface area contributed by atoms with Crippen molar-refractivity contribution in [2.45, 2.75) is 76.6 Å². The summed E-state index contributed by atoms with van der Waals surface area (Å²) in [4.78, 5) is 14.7. The first kappa shape index (κ1) is 30.8. The minimum absolute atomic E-state index is 0.0398. The lowest BCUT2D eigenvalue weighted by atomic mass is 9.53. The fourth-order valence-corrected chi connectivity index (χ4v) is 8.44. The number of carbonyl (C=O) groups excluding carboxylic acids is 1. The second-order valence-corrected chi connectivity index (χ2v) is 12.9. The number of alkyl halides is 2. The van der Waals surface area contributed by atoms with E-state index < -0.39 is 18.5 Å². The van der Waals surface area contributed by atoms with Gasteiger partial charge in [-0.15, -0.1) is 0 Å². The molecule has 3 aliphatic carbocycles. The Balaban J connectivity index is 1.21. The average Bonchev–Trinajstić information content (AvgIpc) is 3.19. The molecule has 0 bridgehead atoms. The van der Waals surface area contributed by atoms with E-state index in [2.05, 4.69) is 0 Å². The summed E-state index contributed by atoms with van der Waals surface area (Å²) >= 11 is 0. The maximum atomic E-state index is 15.6. The smallest absolute Gasteiger partial charge is 0.488 e. The van der Waals surface area contributed by atoms with E-state index in [1.807, 2.05) is 37.3 Å². The molecular weight excluding hydrogens is 539 g/mol. The zero-order valence-electron chi connectivity index (χ0n) is 25.2. The first-order valence-electron chi connectivity index (χ1n) is 15.3. The van der Waals surface area contributed by atoms with Gasteiger partial charge in [0.15, 0.2) is 11.5 Å². The van der Waals surface area contributed by atoms with Gasteiger partial charge in [0.25, 0.3) is 5.92 Å². The largest absolute Gasteiger partial charge is 0.493 e. The number of rotatable bonds is 10. The van der Waals surface area contributed by atoms with Gasteiger partial charge in [-0.05, 0) is 103 Å². The molecule has 2 aromatic rings. The molecule has 0 heterocycles. The third-order valence-corrected chi connectivity index (χ3v) is 10.7. The van der Waals surface area contributed by atoms with Crippen molar-refractivity contribution in [3.63, 3.8) is 0 Å². The van der Waals surface area contributed by atoms with Crippen molar-refractivity contribution < 1.29 is 33.1 Å². The molecule has 2 N–H and O–H groups in total. The maximum Gasteiger partial charge on any atom is 0.488 e. The molecule has 6 nitrogen and oxygen atoms in total. The van der Waals surface area contributed by atoms with E-state index in [1.165, 1.54) is 5.56 Å². The Morgan fingerprint density at radius 3 is 2.57 bits per heavy atom. The number of aryl methyl sites for hydroxylation is 1. The van der Waals surface area contributed by atoms with Gasteiger partial charge in [-0.25, -0.2) is 8.78 Å². The number of nitrogens with zero attached hydrogens (tertiary/aromatic N) is 1. The maximum absolute atomic E-state index is 15.6. The van der Waals surface area contributed by atoms with E-state index in [0.29, 0.717) is 55.6 Å². The summed E-state index contributed by atoms with van der Waals surface area (Å²) in [6.45, 7) is 2.37. The molecule has 5 rings (SSSR count). The van der Waals surface area contributed by atoms with Crippen molar-refractivity contribution in [3.05, 3.63) is 53.1 Å². The molecule has 0 aromatic heterocycles. The van der Waals surface area contributed by atoms with E-state index in [0.717, 1.165) is 30.4 Å². The quantitative estimate of drug-likeness (QED) is 0.386. The first-order valence-corrected chi connectivity index (χ1v) is 15.3. The Bertz CT molecular complexity index is 1290. The Hall–Kier alpha value is -2.65. The van der Waals surface area contributed by atoms with Gasteiger partial charge < -0.3 is 24.4 Å². The molecular formula is C33H44BF2NO5. The molecule has 5 atom stereocenters. The highest BCUT2D eigenvalue weighted by molar-refractivity contribution is 6.58. The van der Waals surface area contributed by atoms with Crippen molar-refractivity contribution in [3.8, 4) is 11.5 Å². The molecule has 0 spiro atoms. The first-order chi connectivity index (χ1) is 20.0. The zero-order chi connectivity index (χ0) is 30.2. The molecule has 3 aliphatic rings. The van der Waals surface area contributed by atoms with Crippen LogP contribution in [0.2, 0.25) is 0 Å². The summed E-state index contributed by atoms with van der Waals surface area (Å²) in [5, 5.41) is 19.2. The van der Waals surface area contributed by atoms with Crippen LogP contribution in [0.5, 0.6) is 11.5 Å². The lowest BCUT2D eigenvalue weighted by Gasteiger charge is -2.51. The molecule has 0 aliphatic heterocycles. The molecule has 0 unspecified atom stereocenters. The van der Waals surface area contributed by atoms with Crippen LogP contribution < -0.4 is 14.9 Å². The number of likely N-dealkylation sites (N-methyl/N-ethyl adjacent to an activating group) is 1. The number of hydrogen-bond acceptors (Lipinski definition) is 5. The van der Waals surface area contributed by atoms with Gasteiger partial charge in [-0.2, -0.15) is 0 Å². The highest BCUT2D eigenvalue weighted by Crippen LogP contribution is 2.68. The third-order valence-electron chi connectivity index (χ3n) is 10.7. The molecule has 0 radical (unpaired) electrons. The highest BCUT2D eigenvalue weighted by Gasteiger charge is 2.67. The highest BCUT2D eigenvalue weighted by atomic mass is 19.3. The van der Waals surface area contributed by atoms with Crippen LogP contribution in [0.1, 0.15) is 74.5 Å². The number of methoxy groups -OCH3 is 2. The van der Waals surface area contributed by atoms with Crippen molar-refractivity contribution in [2.75, 3.05) is 27.8 Å². The number of fused-ring (bicyclic) bond motifs is 5. The van der Waals surface area contributed by atoms with Crippen LogP contribution in [0.15, 0.2) is 36.4 Å². The fourth-order valence-electron chi connectivity index (χ4n) is 8.44. The summed E-state index contributed by atoms with van der Waals surface area (Å²) in [5.74, 6) is -1.14. The van der Waals surface area contributed by atoms with Crippen molar-refractivity contribution in [1.82, 2.24) is 4.90 Å². The monoisotopic (exact) mass is 583 g/mol. The van der Waals surface area contributed by atoms with E-state index in [1.54, 1.807) is 32.2 Å². The average molecular weight is 584 g/mol. The van der Waals surface area contributed by atoms with Crippen molar-refractivity contribution in [1.29, 1.82) is 0 Å². The Morgan fingerprint density at radius 1 is 1.10 bits per heavy atom. The molecule has 0 saturated heterocycles. The zero-order valence-corrected chi connectivity index (χ0v) is 25.2. The minimum atomic E-state index is -2.71. The Kier molecular flexibility index (Phi) is 8.91.